The van der Waals surface area contributed by atoms with Crippen molar-refractivity contribution in [1.82, 2.24) is 9.88 Å². The summed E-state index contributed by atoms with van der Waals surface area (Å²) in [5, 5.41) is 3.09. The van der Waals surface area contributed by atoms with Crippen molar-refractivity contribution in [2.45, 2.75) is 51.3 Å². The number of nitrogens with zero attached hydrogens (tertiary/aromatic N) is 1. The zero-order valence-electron chi connectivity index (χ0n) is 11.6. The monoisotopic (exact) mass is 262 g/mol. The number of hydrogen-bond donors (Lipinski definition) is 1. The van der Waals surface area contributed by atoms with Crippen molar-refractivity contribution in [2.24, 2.45) is 0 Å². The summed E-state index contributed by atoms with van der Waals surface area (Å²) in [6.07, 6.45) is 5.75. The molecule has 0 radical (unpaired) electrons. The van der Waals surface area contributed by atoms with E-state index in [1.807, 2.05) is 11.6 Å². The minimum absolute atomic E-state index is 0.172. The Hall–Kier alpha value is -1.13. The van der Waals surface area contributed by atoms with Gasteiger partial charge in [-0.05, 0) is 50.8 Å². The molecule has 1 aromatic rings. The van der Waals surface area contributed by atoms with Crippen molar-refractivity contribution in [3.05, 3.63) is 33.2 Å². The summed E-state index contributed by atoms with van der Waals surface area (Å²) in [7, 11) is 1.89. The van der Waals surface area contributed by atoms with Crippen LogP contribution in [0.25, 0.3) is 0 Å². The van der Waals surface area contributed by atoms with E-state index in [1.54, 1.807) is 0 Å². The van der Waals surface area contributed by atoms with E-state index in [1.165, 1.54) is 17.7 Å². The number of aromatic nitrogens is 1. The van der Waals surface area contributed by atoms with Crippen LogP contribution in [-0.4, -0.2) is 24.3 Å². The van der Waals surface area contributed by atoms with E-state index in [-0.39, 0.29) is 11.7 Å². The van der Waals surface area contributed by atoms with Crippen molar-refractivity contribution >= 4 is 0 Å². The highest BCUT2D eigenvalue weighted by molar-refractivity contribution is 5.30. The molecule has 3 rings (SSSR count). The Morgan fingerprint density at radius 3 is 3.05 bits per heavy atom. The van der Waals surface area contributed by atoms with Crippen LogP contribution in [0, 0.1) is 0 Å². The molecule has 104 valence electrons. The van der Waals surface area contributed by atoms with Gasteiger partial charge in [-0.15, -0.1) is 0 Å². The molecule has 1 aliphatic heterocycles. The van der Waals surface area contributed by atoms with Crippen LogP contribution in [0.5, 0.6) is 0 Å². The summed E-state index contributed by atoms with van der Waals surface area (Å²) in [5.74, 6) is 0. The molecule has 4 heteroatoms. The third kappa shape index (κ3) is 2.47. The first-order valence-corrected chi connectivity index (χ1v) is 7.30. The van der Waals surface area contributed by atoms with Gasteiger partial charge >= 0.3 is 0 Å². The summed E-state index contributed by atoms with van der Waals surface area (Å²) >= 11 is 0. The molecule has 0 aromatic carbocycles. The molecule has 0 bridgehead atoms. The topological polar surface area (TPSA) is 43.3 Å². The Kier molecular flexibility index (Phi) is 3.71. The molecule has 1 aliphatic carbocycles. The largest absolute Gasteiger partial charge is 0.376 e. The van der Waals surface area contributed by atoms with E-state index < -0.39 is 0 Å². The fourth-order valence-electron chi connectivity index (χ4n) is 3.29. The zero-order valence-corrected chi connectivity index (χ0v) is 11.6. The highest BCUT2D eigenvalue weighted by Crippen LogP contribution is 2.23. The van der Waals surface area contributed by atoms with Gasteiger partial charge in [-0.2, -0.15) is 0 Å². The number of hydrogen-bond acceptors (Lipinski definition) is 3. The molecule has 1 aromatic heterocycles. The molecule has 0 spiro atoms. The molecule has 2 aliphatic rings. The molecule has 2 heterocycles. The van der Waals surface area contributed by atoms with Gasteiger partial charge in [0, 0.05) is 24.4 Å². The number of aryl methyl sites for hydroxylation is 1. The first-order valence-electron chi connectivity index (χ1n) is 7.30. The second-order valence-electron chi connectivity index (χ2n) is 5.58. The Morgan fingerprint density at radius 2 is 2.32 bits per heavy atom. The van der Waals surface area contributed by atoms with Crippen LogP contribution >= 0.6 is 0 Å². The fraction of sp³-hybridized carbons (Fsp3) is 0.667. The normalized spacial score (nSPS) is 21.8. The van der Waals surface area contributed by atoms with E-state index >= 15 is 0 Å². The van der Waals surface area contributed by atoms with E-state index in [0.717, 1.165) is 44.4 Å². The molecule has 4 nitrogen and oxygen atoms in total. The third-order valence-corrected chi connectivity index (χ3v) is 4.20. The lowest BCUT2D eigenvalue weighted by atomic mass is 10.1. The number of nitrogens with one attached hydrogen (secondary N) is 1. The minimum Gasteiger partial charge on any atom is -0.376 e. The molecule has 0 amide bonds. The number of fused-ring (bicyclic) bond motifs is 1. The van der Waals surface area contributed by atoms with Crippen LogP contribution in [0.3, 0.4) is 0 Å². The van der Waals surface area contributed by atoms with Gasteiger partial charge in [-0.3, -0.25) is 4.79 Å². The summed E-state index contributed by atoms with van der Waals surface area (Å²) in [6, 6.07) is 2.10. The molecule has 1 saturated heterocycles. The lowest BCUT2D eigenvalue weighted by Gasteiger charge is -2.17. The second kappa shape index (κ2) is 5.47. The average Bonchev–Trinajstić information content (AvgIpc) is 3.05. The van der Waals surface area contributed by atoms with Gasteiger partial charge in [0.1, 0.15) is 0 Å². The predicted octanol–water partition coefficient (Wildman–Crippen LogP) is 1.24. The first-order chi connectivity index (χ1) is 9.29. The van der Waals surface area contributed by atoms with Crippen molar-refractivity contribution in [3.63, 3.8) is 0 Å². The zero-order chi connectivity index (χ0) is 13.2. The Bertz CT molecular complexity index is 516. The predicted molar refractivity (Wildman–Crippen MR) is 74.5 cm³/mol. The van der Waals surface area contributed by atoms with Gasteiger partial charge in [0.15, 0.2) is 0 Å². The Morgan fingerprint density at radius 1 is 1.42 bits per heavy atom. The molecule has 1 fully saturated rings. The molecule has 19 heavy (non-hydrogen) atoms. The van der Waals surface area contributed by atoms with Gasteiger partial charge in [-0.25, -0.2) is 0 Å². The van der Waals surface area contributed by atoms with Crippen LogP contribution < -0.4 is 10.9 Å². The Labute approximate surface area is 113 Å². The molecular weight excluding hydrogens is 240 g/mol. The molecule has 1 atom stereocenters. The van der Waals surface area contributed by atoms with Crippen molar-refractivity contribution in [1.29, 1.82) is 0 Å². The lowest BCUT2D eigenvalue weighted by Crippen LogP contribution is -2.32. The van der Waals surface area contributed by atoms with E-state index in [2.05, 4.69) is 11.4 Å². The molecule has 1 unspecified atom stereocenters. The van der Waals surface area contributed by atoms with E-state index in [0.29, 0.717) is 6.54 Å². The number of pyridine rings is 1. The molecular formula is C15H22N2O2. The Balaban J connectivity index is 1.97. The van der Waals surface area contributed by atoms with Gasteiger partial charge < -0.3 is 14.6 Å². The average molecular weight is 262 g/mol. The minimum atomic E-state index is 0.172. The highest BCUT2D eigenvalue weighted by atomic mass is 16.5. The van der Waals surface area contributed by atoms with Crippen molar-refractivity contribution in [3.8, 4) is 0 Å². The fourth-order valence-corrected chi connectivity index (χ4v) is 3.29. The smallest absolute Gasteiger partial charge is 0.255 e. The van der Waals surface area contributed by atoms with Gasteiger partial charge in [0.05, 0.1) is 12.6 Å². The van der Waals surface area contributed by atoms with Gasteiger partial charge in [0.2, 0.25) is 0 Å². The van der Waals surface area contributed by atoms with E-state index in [9.17, 15) is 4.79 Å². The summed E-state index contributed by atoms with van der Waals surface area (Å²) < 4.78 is 7.69. The van der Waals surface area contributed by atoms with Crippen molar-refractivity contribution in [2.75, 3.05) is 13.7 Å². The summed E-state index contributed by atoms with van der Waals surface area (Å²) in [4.78, 5) is 12.6. The molecule has 1 N–H and O–H groups in total. The SMILES string of the molecule is CNCc1cc2c(n(CC3CCCO3)c1=O)CCC2. The quantitative estimate of drug-likeness (QED) is 0.887. The maximum atomic E-state index is 12.6. The van der Waals surface area contributed by atoms with Crippen LogP contribution in [-0.2, 0) is 30.7 Å². The first kappa shape index (κ1) is 12.9. The third-order valence-electron chi connectivity index (χ3n) is 4.20. The van der Waals surface area contributed by atoms with Crippen LogP contribution in [0.15, 0.2) is 10.9 Å². The maximum absolute atomic E-state index is 12.6. The number of rotatable bonds is 4. The van der Waals surface area contributed by atoms with Crippen LogP contribution in [0.1, 0.15) is 36.1 Å². The van der Waals surface area contributed by atoms with Crippen LogP contribution in [0.4, 0.5) is 0 Å². The summed E-state index contributed by atoms with van der Waals surface area (Å²) in [6.45, 7) is 2.23. The lowest BCUT2D eigenvalue weighted by molar-refractivity contribution is 0.0954. The van der Waals surface area contributed by atoms with E-state index in [4.69, 9.17) is 4.74 Å². The highest BCUT2D eigenvalue weighted by Gasteiger charge is 2.23. The number of ether oxygens (including phenoxy) is 1. The van der Waals surface area contributed by atoms with Crippen LogP contribution in [0.2, 0.25) is 0 Å². The van der Waals surface area contributed by atoms with Gasteiger partial charge in [0.25, 0.3) is 5.56 Å². The van der Waals surface area contributed by atoms with Crippen molar-refractivity contribution < 1.29 is 4.74 Å². The second-order valence-corrected chi connectivity index (χ2v) is 5.58. The standard InChI is InChI=1S/C15H22N2O2/c1-16-9-12-8-11-4-2-6-14(11)17(15(12)18)10-13-5-3-7-19-13/h8,13,16H,2-7,9-10H2,1H3. The maximum Gasteiger partial charge on any atom is 0.255 e. The summed E-state index contributed by atoms with van der Waals surface area (Å²) in [5.41, 5.74) is 3.68. The molecule has 0 saturated carbocycles. The van der Waals surface area contributed by atoms with Gasteiger partial charge in [-0.1, -0.05) is 0 Å².